The van der Waals surface area contributed by atoms with Crippen LogP contribution in [0.2, 0.25) is 5.02 Å². The van der Waals surface area contributed by atoms with E-state index >= 15 is 0 Å². The lowest BCUT2D eigenvalue weighted by atomic mass is 10.0. The number of nitrogens with one attached hydrogen (secondary N) is 1. The zero-order chi connectivity index (χ0) is 14.0. The van der Waals surface area contributed by atoms with Crippen molar-refractivity contribution in [3.05, 3.63) is 50.7 Å². The van der Waals surface area contributed by atoms with Crippen molar-refractivity contribution in [3.63, 3.8) is 0 Å². The van der Waals surface area contributed by atoms with Crippen molar-refractivity contribution in [2.45, 2.75) is 26.4 Å². The van der Waals surface area contributed by atoms with Crippen molar-refractivity contribution in [1.29, 1.82) is 0 Å². The Balaban J connectivity index is 2.49. The van der Waals surface area contributed by atoms with Gasteiger partial charge in [0.2, 0.25) is 0 Å². The van der Waals surface area contributed by atoms with Gasteiger partial charge in [-0.2, -0.15) is 5.10 Å². The molecule has 0 aliphatic rings. The van der Waals surface area contributed by atoms with Crippen LogP contribution in [0.3, 0.4) is 0 Å². The fourth-order valence-electron chi connectivity index (χ4n) is 2.22. The van der Waals surface area contributed by atoms with Gasteiger partial charge in [-0.15, -0.1) is 0 Å². The molecular weight excluding hydrogens is 326 g/mol. The van der Waals surface area contributed by atoms with E-state index in [-0.39, 0.29) is 6.04 Å². The normalized spacial score (nSPS) is 12.7. The van der Waals surface area contributed by atoms with E-state index in [1.165, 1.54) is 11.1 Å². The first kappa shape index (κ1) is 14.6. The lowest BCUT2D eigenvalue weighted by molar-refractivity contribution is 0.563. The Bertz CT molecular complexity index is 580. The van der Waals surface area contributed by atoms with Gasteiger partial charge < -0.3 is 5.32 Å². The molecule has 1 N–H and O–H groups in total. The second kappa shape index (κ2) is 6.07. The number of halogens is 2. The molecule has 1 atom stereocenters. The van der Waals surface area contributed by atoms with Crippen LogP contribution in [0.25, 0.3) is 0 Å². The molecule has 0 aliphatic carbocycles. The van der Waals surface area contributed by atoms with Crippen molar-refractivity contribution in [3.8, 4) is 0 Å². The average molecular weight is 343 g/mol. The largest absolute Gasteiger partial charge is 0.308 e. The van der Waals surface area contributed by atoms with Crippen molar-refractivity contribution in [1.82, 2.24) is 15.1 Å². The van der Waals surface area contributed by atoms with Crippen LogP contribution < -0.4 is 5.32 Å². The zero-order valence-corrected chi connectivity index (χ0v) is 13.6. The molecule has 3 nitrogen and oxygen atoms in total. The van der Waals surface area contributed by atoms with Crippen molar-refractivity contribution >= 4 is 27.5 Å². The molecule has 1 heterocycles. The molecule has 2 aromatic rings. The molecule has 0 bridgehead atoms. The third kappa shape index (κ3) is 2.86. The Morgan fingerprint density at radius 2 is 2.21 bits per heavy atom. The smallest absolute Gasteiger partial charge is 0.0837 e. The summed E-state index contributed by atoms with van der Waals surface area (Å²) in [6, 6.07) is 6.37. The molecule has 0 spiro atoms. The van der Waals surface area contributed by atoms with Gasteiger partial charge in [-0.3, -0.25) is 4.68 Å². The summed E-state index contributed by atoms with van der Waals surface area (Å²) in [6.45, 7) is 4.95. The van der Waals surface area contributed by atoms with Crippen LogP contribution in [-0.4, -0.2) is 16.8 Å². The van der Waals surface area contributed by atoms with Crippen molar-refractivity contribution in [2.75, 3.05) is 7.05 Å². The van der Waals surface area contributed by atoms with Crippen LogP contribution in [0.1, 0.15) is 29.8 Å². The van der Waals surface area contributed by atoms with E-state index in [9.17, 15) is 0 Å². The number of aryl methyl sites for hydroxylation is 2. The van der Waals surface area contributed by atoms with Crippen LogP contribution in [-0.2, 0) is 6.54 Å². The van der Waals surface area contributed by atoms with E-state index in [0.717, 1.165) is 16.7 Å². The van der Waals surface area contributed by atoms with Crippen molar-refractivity contribution < 1.29 is 0 Å². The second-order valence-electron chi connectivity index (χ2n) is 4.42. The minimum Gasteiger partial charge on any atom is -0.308 e. The van der Waals surface area contributed by atoms with Gasteiger partial charge in [0.1, 0.15) is 0 Å². The molecule has 5 heteroatoms. The maximum Gasteiger partial charge on any atom is 0.0837 e. The molecule has 0 aliphatic heterocycles. The minimum atomic E-state index is 0.0433. The SMILES string of the molecule is CCn1ncc(Cl)c1C(NC)c1ccc(Br)c(C)c1. The molecule has 1 aromatic heterocycles. The molecule has 102 valence electrons. The van der Waals surface area contributed by atoms with Crippen LogP contribution in [0.4, 0.5) is 0 Å². The summed E-state index contributed by atoms with van der Waals surface area (Å²) < 4.78 is 3.04. The summed E-state index contributed by atoms with van der Waals surface area (Å²) in [5.41, 5.74) is 3.39. The zero-order valence-electron chi connectivity index (χ0n) is 11.2. The molecule has 2 rings (SSSR count). The fraction of sp³-hybridized carbons (Fsp3) is 0.357. The van der Waals surface area contributed by atoms with E-state index in [4.69, 9.17) is 11.6 Å². The predicted octanol–water partition coefficient (Wildman–Crippen LogP) is 3.94. The van der Waals surface area contributed by atoms with Gasteiger partial charge in [0.15, 0.2) is 0 Å². The highest BCUT2D eigenvalue weighted by atomic mass is 79.9. The first-order valence-electron chi connectivity index (χ1n) is 6.23. The molecule has 0 saturated heterocycles. The third-order valence-corrected chi connectivity index (χ3v) is 4.39. The summed E-state index contributed by atoms with van der Waals surface area (Å²) in [5.74, 6) is 0. The Morgan fingerprint density at radius 1 is 1.47 bits per heavy atom. The quantitative estimate of drug-likeness (QED) is 0.912. The van der Waals surface area contributed by atoms with Crippen LogP contribution in [0.5, 0.6) is 0 Å². The first-order chi connectivity index (χ1) is 9.08. The molecule has 0 radical (unpaired) electrons. The Labute approximate surface area is 127 Å². The number of hydrogen-bond acceptors (Lipinski definition) is 2. The molecule has 0 amide bonds. The summed E-state index contributed by atoms with van der Waals surface area (Å²) >= 11 is 9.81. The first-order valence-corrected chi connectivity index (χ1v) is 7.40. The topological polar surface area (TPSA) is 29.9 Å². The van der Waals surface area contributed by atoms with Gasteiger partial charge in [-0.25, -0.2) is 0 Å². The number of rotatable bonds is 4. The van der Waals surface area contributed by atoms with Crippen LogP contribution in [0.15, 0.2) is 28.9 Å². The van der Waals surface area contributed by atoms with Crippen molar-refractivity contribution in [2.24, 2.45) is 0 Å². The van der Waals surface area contributed by atoms with Gasteiger partial charge in [0.05, 0.1) is 23.0 Å². The van der Waals surface area contributed by atoms with Crippen LogP contribution in [0, 0.1) is 6.92 Å². The van der Waals surface area contributed by atoms with Gasteiger partial charge in [0.25, 0.3) is 0 Å². The molecular formula is C14H17BrClN3. The summed E-state index contributed by atoms with van der Waals surface area (Å²) in [4.78, 5) is 0. The Morgan fingerprint density at radius 3 is 2.79 bits per heavy atom. The number of nitrogens with zero attached hydrogens (tertiary/aromatic N) is 2. The minimum absolute atomic E-state index is 0.0433. The molecule has 1 aromatic carbocycles. The molecule has 0 saturated carbocycles. The maximum absolute atomic E-state index is 6.29. The number of hydrogen-bond donors (Lipinski definition) is 1. The van der Waals surface area contributed by atoms with Crippen LogP contribution >= 0.6 is 27.5 Å². The van der Waals surface area contributed by atoms with E-state index in [1.54, 1.807) is 6.20 Å². The molecule has 1 unspecified atom stereocenters. The summed E-state index contributed by atoms with van der Waals surface area (Å²) in [6.07, 6.45) is 1.70. The third-order valence-electron chi connectivity index (χ3n) is 3.21. The van der Waals surface area contributed by atoms with E-state index < -0.39 is 0 Å². The highest BCUT2D eigenvalue weighted by molar-refractivity contribution is 9.10. The standard InChI is InChI=1S/C14H17BrClN3/c1-4-19-14(12(16)8-18-19)13(17-3)10-5-6-11(15)9(2)7-10/h5-8,13,17H,4H2,1-3H3. The molecule has 19 heavy (non-hydrogen) atoms. The van der Waals surface area contributed by atoms with Gasteiger partial charge in [-0.05, 0) is 38.1 Å². The highest BCUT2D eigenvalue weighted by Crippen LogP contribution is 2.30. The van der Waals surface area contributed by atoms with E-state index in [0.29, 0.717) is 5.02 Å². The lowest BCUT2D eigenvalue weighted by Crippen LogP contribution is -2.22. The van der Waals surface area contributed by atoms with E-state index in [1.807, 2.05) is 11.7 Å². The number of benzene rings is 1. The summed E-state index contributed by atoms with van der Waals surface area (Å²) in [7, 11) is 1.94. The fourth-order valence-corrected chi connectivity index (χ4v) is 2.72. The maximum atomic E-state index is 6.29. The summed E-state index contributed by atoms with van der Waals surface area (Å²) in [5, 5.41) is 8.32. The van der Waals surface area contributed by atoms with Gasteiger partial charge in [-0.1, -0.05) is 39.7 Å². The molecule has 0 fully saturated rings. The second-order valence-corrected chi connectivity index (χ2v) is 5.69. The Kier molecular flexibility index (Phi) is 4.66. The predicted molar refractivity (Wildman–Crippen MR) is 82.7 cm³/mol. The lowest BCUT2D eigenvalue weighted by Gasteiger charge is -2.19. The highest BCUT2D eigenvalue weighted by Gasteiger charge is 2.20. The Hall–Kier alpha value is -0.840. The van der Waals surface area contributed by atoms with E-state index in [2.05, 4.69) is 58.4 Å². The van der Waals surface area contributed by atoms with Gasteiger partial charge in [0, 0.05) is 11.0 Å². The average Bonchev–Trinajstić information content (AvgIpc) is 2.76. The van der Waals surface area contributed by atoms with Gasteiger partial charge >= 0.3 is 0 Å². The number of aromatic nitrogens is 2. The monoisotopic (exact) mass is 341 g/mol.